The quantitative estimate of drug-likeness (QED) is 0.306. The molecule has 0 saturated heterocycles. The van der Waals surface area contributed by atoms with Gasteiger partial charge in [0, 0.05) is 41.3 Å². The van der Waals surface area contributed by atoms with Crippen molar-refractivity contribution in [3.05, 3.63) is 44.7 Å². The van der Waals surface area contributed by atoms with Crippen molar-refractivity contribution in [1.82, 2.24) is 5.32 Å². The molecule has 2 aliphatic carbocycles. The zero-order valence-electron chi connectivity index (χ0n) is 23.3. The highest BCUT2D eigenvalue weighted by atomic mass is 79.9. The van der Waals surface area contributed by atoms with Gasteiger partial charge < -0.3 is 14.8 Å². The van der Waals surface area contributed by atoms with Crippen LogP contribution in [0.1, 0.15) is 104 Å². The molecule has 0 bridgehead atoms. The number of rotatable bonds is 9. The van der Waals surface area contributed by atoms with Gasteiger partial charge in [-0.1, -0.05) is 53.9 Å². The summed E-state index contributed by atoms with van der Waals surface area (Å²) in [5.74, 6) is 1.19. The van der Waals surface area contributed by atoms with Gasteiger partial charge in [0.25, 0.3) is 0 Å². The first-order valence-electron chi connectivity index (χ1n) is 13.8. The molecule has 3 aliphatic rings. The van der Waals surface area contributed by atoms with Crippen molar-refractivity contribution >= 4 is 27.5 Å². The van der Waals surface area contributed by atoms with Crippen molar-refractivity contribution in [1.29, 1.82) is 0 Å². The highest BCUT2D eigenvalue weighted by molar-refractivity contribution is 9.10. The van der Waals surface area contributed by atoms with Gasteiger partial charge in [0.15, 0.2) is 23.1 Å². The fourth-order valence-electron chi connectivity index (χ4n) is 6.08. The fraction of sp³-hybridized carbons (Fsp3) is 0.613. The summed E-state index contributed by atoms with van der Waals surface area (Å²) in [5.41, 5.74) is 4.10. The lowest BCUT2D eigenvalue weighted by atomic mass is 9.64. The van der Waals surface area contributed by atoms with Crippen molar-refractivity contribution in [2.45, 2.75) is 98.8 Å². The lowest BCUT2D eigenvalue weighted by Gasteiger charge is -2.44. The second kappa shape index (κ2) is 11.0. The van der Waals surface area contributed by atoms with Crippen molar-refractivity contribution in [2.24, 2.45) is 10.8 Å². The standard InChI is InChI=1S/C31H42BrNO4/c1-7-9-10-11-12-37-29-20(32)13-19(14-25(29)36-8-2)26-27-21(15-30(3,4)17-23(27)34)33-22-16-31(5,6)18-24(35)28(22)26/h13-14,26,33H,7-12,15-18H2,1-6H3. The molecule has 0 spiro atoms. The van der Waals surface area contributed by atoms with E-state index in [9.17, 15) is 9.59 Å². The Kier molecular flexibility index (Phi) is 8.27. The van der Waals surface area contributed by atoms with E-state index in [2.05, 4.69) is 55.9 Å². The van der Waals surface area contributed by atoms with Crippen LogP contribution in [0.15, 0.2) is 39.1 Å². The molecule has 0 atom stereocenters. The van der Waals surface area contributed by atoms with Crippen LogP contribution in [0, 0.1) is 10.8 Å². The number of carbonyl (C=O) groups excluding carboxylic acids is 2. The number of unbranched alkanes of at least 4 members (excludes halogenated alkanes) is 3. The van der Waals surface area contributed by atoms with Gasteiger partial charge in [-0.3, -0.25) is 9.59 Å². The van der Waals surface area contributed by atoms with Gasteiger partial charge in [-0.15, -0.1) is 0 Å². The van der Waals surface area contributed by atoms with Crippen LogP contribution in [0.3, 0.4) is 0 Å². The van der Waals surface area contributed by atoms with Crippen molar-refractivity contribution in [2.75, 3.05) is 13.2 Å². The molecule has 37 heavy (non-hydrogen) atoms. The second-order valence-corrected chi connectivity index (χ2v) is 13.3. The van der Waals surface area contributed by atoms with Gasteiger partial charge in [0.1, 0.15) is 0 Å². The Bertz CT molecular complexity index is 1090. The molecule has 0 saturated carbocycles. The first-order chi connectivity index (χ1) is 17.5. The number of ketones is 2. The number of hydrogen-bond donors (Lipinski definition) is 1. The Morgan fingerprint density at radius 2 is 1.46 bits per heavy atom. The zero-order valence-corrected chi connectivity index (χ0v) is 24.9. The molecule has 0 aromatic heterocycles. The van der Waals surface area contributed by atoms with Gasteiger partial charge in [-0.2, -0.15) is 0 Å². The molecule has 0 amide bonds. The molecule has 0 unspecified atom stereocenters. The molecule has 5 nitrogen and oxygen atoms in total. The van der Waals surface area contributed by atoms with E-state index in [1.165, 1.54) is 12.8 Å². The minimum absolute atomic E-state index is 0.119. The number of allylic oxidation sites excluding steroid dienone is 4. The number of Topliss-reactive ketones (excluding diaryl/α,β-unsaturated/α-hetero) is 2. The fourth-order valence-corrected chi connectivity index (χ4v) is 6.66. The lowest BCUT2D eigenvalue weighted by Crippen LogP contribution is -2.42. The molecule has 6 heteroatoms. The third-order valence-electron chi connectivity index (χ3n) is 7.63. The number of dihydropyridines is 1. The Hall–Kier alpha value is -2.08. The van der Waals surface area contributed by atoms with Crippen molar-refractivity contribution < 1.29 is 19.1 Å². The monoisotopic (exact) mass is 571 g/mol. The van der Waals surface area contributed by atoms with Crippen LogP contribution >= 0.6 is 15.9 Å². The summed E-state index contributed by atoms with van der Waals surface area (Å²) in [4.78, 5) is 27.3. The second-order valence-electron chi connectivity index (χ2n) is 12.4. The minimum Gasteiger partial charge on any atom is -0.490 e. The molecule has 0 radical (unpaired) electrons. The van der Waals surface area contributed by atoms with Gasteiger partial charge >= 0.3 is 0 Å². The van der Waals surface area contributed by atoms with Crippen LogP contribution in [0.5, 0.6) is 11.5 Å². The summed E-state index contributed by atoms with van der Waals surface area (Å²) in [6.45, 7) is 13.8. The van der Waals surface area contributed by atoms with Crippen LogP contribution in [0.2, 0.25) is 0 Å². The van der Waals surface area contributed by atoms with Crippen LogP contribution in [-0.2, 0) is 9.59 Å². The van der Waals surface area contributed by atoms with E-state index >= 15 is 0 Å². The molecular formula is C31H42BrNO4. The summed E-state index contributed by atoms with van der Waals surface area (Å²) < 4.78 is 13.0. The number of hydrogen-bond acceptors (Lipinski definition) is 5. The summed E-state index contributed by atoms with van der Waals surface area (Å²) in [5, 5.41) is 3.59. The average molecular weight is 573 g/mol. The van der Waals surface area contributed by atoms with E-state index in [0.29, 0.717) is 37.6 Å². The number of carbonyl (C=O) groups is 2. The number of halogens is 1. The van der Waals surface area contributed by atoms with E-state index < -0.39 is 5.92 Å². The lowest BCUT2D eigenvalue weighted by molar-refractivity contribution is -0.119. The molecule has 1 aromatic carbocycles. The third-order valence-corrected chi connectivity index (χ3v) is 8.22. The largest absolute Gasteiger partial charge is 0.490 e. The predicted octanol–water partition coefficient (Wildman–Crippen LogP) is 7.78. The molecular weight excluding hydrogens is 530 g/mol. The summed E-state index contributed by atoms with van der Waals surface area (Å²) in [7, 11) is 0. The zero-order chi connectivity index (χ0) is 27.0. The SMILES string of the molecule is CCCCCCOc1c(Br)cc(C2C3=C(CC(C)(C)CC3=O)NC3=C2C(=O)CC(C)(C)C3)cc1OCC. The van der Waals surface area contributed by atoms with E-state index in [-0.39, 0.29) is 22.4 Å². The Morgan fingerprint density at radius 3 is 2.00 bits per heavy atom. The average Bonchev–Trinajstić information content (AvgIpc) is 2.77. The maximum atomic E-state index is 13.6. The van der Waals surface area contributed by atoms with Crippen molar-refractivity contribution in [3.8, 4) is 11.5 Å². The topological polar surface area (TPSA) is 64.6 Å². The first kappa shape index (κ1) is 27.9. The maximum Gasteiger partial charge on any atom is 0.175 e. The molecule has 1 aromatic rings. The number of nitrogens with one attached hydrogen (secondary N) is 1. The molecule has 1 N–H and O–H groups in total. The summed E-state index contributed by atoms with van der Waals surface area (Å²) in [6.07, 6.45) is 7.03. The first-order valence-corrected chi connectivity index (χ1v) is 14.6. The van der Waals surface area contributed by atoms with Gasteiger partial charge in [-0.05, 0) is 70.6 Å². The van der Waals surface area contributed by atoms with E-state index in [0.717, 1.165) is 58.3 Å². The molecule has 0 fully saturated rings. The highest BCUT2D eigenvalue weighted by Crippen LogP contribution is 2.52. The highest BCUT2D eigenvalue weighted by Gasteiger charge is 2.46. The predicted molar refractivity (Wildman–Crippen MR) is 151 cm³/mol. The van der Waals surface area contributed by atoms with Crippen LogP contribution < -0.4 is 14.8 Å². The summed E-state index contributed by atoms with van der Waals surface area (Å²) in [6, 6.07) is 4.01. The number of ether oxygens (including phenoxy) is 2. The Balaban J connectivity index is 1.80. The van der Waals surface area contributed by atoms with E-state index in [1.807, 2.05) is 19.1 Å². The molecule has 1 aliphatic heterocycles. The maximum absolute atomic E-state index is 13.6. The van der Waals surface area contributed by atoms with E-state index in [4.69, 9.17) is 9.47 Å². The number of benzene rings is 1. The molecule has 4 rings (SSSR count). The smallest absolute Gasteiger partial charge is 0.175 e. The van der Waals surface area contributed by atoms with Crippen LogP contribution in [0.4, 0.5) is 0 Å². The third kappa shape index (κ3) is 6.00. The van der Waals surface area contributed by atoms with Gasteiger partial charge in [0.05, 0.1) is 17.7 Å². The molecule has 1 heterocycles. The Labute approximate surface area is 230 Å². The summed E-state index contributed by atoms with van der Waals surface area (Å²) >= 11 is 3.74. The van der Waals surface area contributed by atoms with Crippen LogP contribution in [-0.4, -0.2) is 24.8 Å². The minimum atomic E-state index is -0.396. The Morgan fingerprint density at radius 1 is 0.865 bits per heavy atom. The van der Waals surface area contributed by atoms with Crippen molar-refractivity contribution in [3.63, 3.8) is 0 Å². The van der Waals surface area contributed by atoms with E-state index in [1.54, 1.807) is 0 Å². The van der Waals surface area contributed by atoms with Gasteiger partial charge in [0.2, 0.25) is 0 Å². The molecule has 202 valence electrons. The van der Waals surface area contributed by atoms with Crippen LogP contribution in [0.25, 0.3) is 0 Å². The van der Waals surface area contributed by atoms with Gasteiger partial charge in [-0.25, -0.2) is 0 Å². The normalized spacial score (nSPS) is 20.9.